The molecule has 1 aliphatic heterocycles. The van der Waals surface area contributed by atoms with Crippen LogP contribution in [0.5, 0.6) is 11.5 Å². The summed E-state index contributed by atoms with van der Waals surface area (Å²) >= 11 is 0. The second-order valence-electron chi connectivity index (χ2n) is 5.23. The molecule has 0 spiro atoms. The average Bonchev–Trinajstić information content (AvgIpc) is 2.36. The Labute approximate surface area is 108 Å². The van der Waals surface area contributed by atoms with Crippen LogP contribution in [0.25, 0.3) is 0 Å². The summed E-state index contributed by atoms with van der Waals surface area (Å²) in [6, 6.07) is 5.93. The van der Waals surface area contributed by atoms with E-state index in [0.29, 0.717) is 19.8 Å². The zero-order valence-corrected chi connectivity index (χ0v) is 11.2. The van der Waals surface area contributed by atoms with Crippen LogP contribution in [0.2, 0.25) is 0 Å². The van der Waals surface area contributed by atoms with Gasteiger partial charge in [-0.1, -0.05) is 6.07 Å². The Balaban J connectivity index is 2.02. The van der Waals surface area contributed by atoms with Gasteiger partial charge >= 0.3 is 0 Å². The van der Waals surface area contributed by atoms with E-state index in [1.54, 1.807) is 6.92 Å². The molecule has 0 fully saturated rings. The van der Waals surface area contributed by atoms with E-state index in [0.717, 1.165) is 17.1 Å². The maximum atomic E-state index is 9.64. The first kappa shape index (κ1) is 13.2. The fourth-order valence-electron chi connectivity index (χ4n) is 1.68. The van der Waals surface area contributed by atoms with Crippen molar-refractivity contribution >= 4 is 0 Å². The summed E-state index contributed by atoms with van der Waals surface area (Å²) in [7, 11) is 0. The highest BCUT2D eigenvalue weighted by molar-refractivity contribution is 5.43. The normalized spacial score (nSPS) is 16.4. The first-order valence-corrected chi connectivity index (χ1v) is 6.30. The molecular formula is C14H21NO3. The topological polar surface area (TPSA) is 50.7 Å². The molecule has 0 saturated heterocycles. The Hall–Kier alpha value is -1.26. The predicted molar refractivity (Wildman–Crippen MR) is 70.0 cm³/mol. The largest absolute Gasteiger partial charge is 0.486 e. The van der Waals surface area contributed by atoms with Gasteiger partial charge in [0.25, 0.3) is 0 Å². The van der Waals surface area contributed by atoms with Crippen LogP contribution in [0.3, 0.4) is 0 Å². The number of hydrogen-bond acceptors (Lipinski definition) is 4. The fourth-order valence-corrected chi connectivity index (χ4v) is 1.68. The molecular weight excluding hydrogens is 230 g/mol. The van der Waals surface area contributed by atoms with Gasteiger partial charge in [0, 0.05) is 12.1 Å². The lowest BCUT2D eigenvalue weighted by Crippen LogP contribution is -2.47. The van der Waals surface area contributed by atoms with E-state index in [1.165, 1.54) is 0 Å². The van der Waals surface area contributed by atoms with Crippen molar-refractivity contribution in [2.24, 2.45) is 0 Å². The number of ether oxygens (including phenoxy) is 2. The number of aliphatic hydroxyl groups excluding tert-OH is 1. The van der Waals surface area contributed by atoms with Crippen molar-refractivity contribution in [1.29, 1.82) is 0 Å². The molecule has 1 unspecified atom stereocenters. The maximum absolute atomic E-state index is 9.64. The highest BCUT2D eigenvalue weighted by Crippen LogP contribution is 2.30. The lowest BCUT2D eigenvalue weighted by Gasteiger charge is -2.29. The molecule has 0 aliphatic carbocycles. The second kappa shape index (κ2) is 5.16. The van der Waals surface area contributed by atoms with E-state index in [4.69, 9.17) is 9.47 Å². The van der Waals surface area contributed by atoms with Gasteiger partial charge in [-0.15, -0.1) is 0 Å². The molecule has 0 radical (unpaired) electrons. The average molecular weight is 251 g/mol. The van der Waals surface area contributed by atoms with Crippen molar-refractivity contribution in [3.05, 3.63) is 23.8 Å². The van der Waals surface area contributed by atoms with Crippen LogP contribution in [-0.4, -0.2) is 30.0 Å². The predicted octanol–water partition coefficient (Wildman–Crippen LogP) is 1.71. The minimum atomic E-state index is -0.408. The van der Waals surface area contributed by atoms with Gasteiger partial charge in [-0.25, -0.2) is 0 Å². The molecule has 2 N–H and O–H groups in total. The van der Waals surface area contributed by atoms with Crippen molar-refractivity contribution in [3.63, 3.8) is 0 Å². The minimum absolute atomic E-state index is 0.312. The quantitative estimate of drug-likeness (QED) is 0.855. The van der Waals surface area contributed by atoms with Gasteiger partial charge in [-0.3, -0.25) is 0 Å². The van der Waals surface area contributed by atoms with Crippen LogP contribution >= 0.6 is 0 Å². The van der Waals surface area contributed by atoms with Gasteiger partial charge < -0.3 is 19.9 Å². The molecule has 2 rings (SSSR count). The third-order valence-electron chi connectivity index (χ3n) is 3.40. The molecule has 1 aromatic carbocycles. The smallest absolute Gasteiger partial charge is 0.161 e. The second-order valence-corrected chi connectivity index (χ2v) is 5.23. The van der Waals surface area contributed by atoms with Crippen molar-refractivity contribution in [2.45, 2.75) is 39.0 Å². The molecule has 4 heteroatoms. The van der Waals surface area contributed by atoms with E-state index in [-0.39, 0.29) is 5.54 Å². The Morgan fingerprint density at radius 2 is 1.94 bits per heavy atom. The number of fused-ring (bicyclic) bond motifs is 1. The standard InChI is InChI=1S/C14H21NO3/c1-10(16)14(2,3)15-9-11-4-5-12-13(8-11)18-7-6-17-12/h4-5,8,10,15-16H,6-7,9H2,1-3H3. The Kier molecular flexibility index (Phi) is 3.78. The fraction of sp³-hybridized carbons (Fsp3) is 0.571. The van der Waals surface area contributed by atoms with Gasteiger partial charge in [-0.2, -0.15) is 0 Å². The van der Waals surface area contributed by atoms with Crippen molar-refractivity contribution in [2.75, 3.05) is 13.2 Å². The third-order valence-corrected chi connectivity index (χ3v) is 3.40. The van der Waals surface area contributed by atoms with Crippen LogP contribution in [0.4, 0.5) is 0 Å². The number of rotatable bonds is 4. The molecule has 18 heavy (non-hydrogen) atoms. The van der Waals surface area contributed by atoms with Crippen LogP contribution in [0, 0.1) is 0 Å². The van der Waals surface area contributed by atoms with Crippen LogP contribution in [-0.2, 0) is 6.54 Å². The van der Waals surface area contributed by atoms with Gasteiger partial charge in [0.2, 0.25) is 0 Å². The lowest BCUT2D eigenvalue weighted by atomic mass is 9.98. The van der Waals surface area contributed by atoms with E-state index in [2.05, 4.69) is 5.32 Å². The van der Waals surface area contributed by atoms with Crippen molar-refractivity contribution in [3.8, 4) is 11.5 Å². The van der Waals surface area contributed by atoms with E-state index in [9.17, 15) is 5.11 Å². The summed E-state index contributed by atoms with van der Waals surface area (Å²) in [6.45, 7) is 7.65. The van der Waals surface area contributed by atoms with Gasteiger partial charge in [0.1, 0.15) is 13.2 Å². The number of aliphatic hydroxyl groups is 1. The van der Waals surface area contributed by atoms with Crippen LogP contribution < -0.4 is 14.8 Å². The van der Waals surface area contributed by atoms with Gasteiger partial charge in [0.05, 0.1) is 6.10 Å². The molecule has 0 amide bonds. The molecule has 0 aromatic heterocycles. The number of benzene rings is 1. The molecule has 1 aromatic rings. The zero-order valence-electron chi connectivity index (χ0n) is 11.2. The van der Waals surface area contributed by atoms with E-state index >= 15 is 0 Å². The zero-order chi connectivity index (χ0) is 13.2. The molecule has 1 heterocycles. The van der Waals surface area contributed by atoms with Crippen molar-refractivity contribution < 1.29 is 14.6 Å². The van der Waals surface area contributed by atoms with Gasteiger partial charge in [-0.05, 0) is 38.5 Å². The Morgan fingerprint density at radius 3 is 2.61 bits per heavy atom. The summed E-state index contributed by atoms with van der Waals surface area (Å²) in [6.07, 6.45) is -0.408. The lowest BCUT2D eigenvalue weighted by molar-refractivity contribution is 0.0956. The summed E-state index contributed by atoms with van der Waals surface area (Å²) in [5.41, 5.74) is 0.806. The van der Waals surface area contributed by atoms with E-state index < -0.39 is 6.10 Å². The minimum Gasteiger partial charge on any atom is -0.486 e. The molecule has 4 nitrogen and oxygen atoms in total. The highest BCUT2D eigenvalue weighted by Gasteiger charge is 2.23. The summed E-state index contributed by atoms with van der Waals surface area (Å²) in [5, 5.41) is 13.0. The highest BCUT2D eigenvalue weighted by atomic mass is 16.6. The number of hydrogen-bond donors (Lipinski definition) is 2. The molecule has 1 aliphatic rings. The Bertz CT molecular complexity index is 416. The van der Waals surface area contributed by atoms with Crippen LogP contribution in [0.15, 0.2) is 18.2 Å². The third kappa shape index (κ3) is 2.94. The SMILES string of the molecule is CC(O)C(C)(C)NCc1ccc2c(c1)OCCO2. The van der Waals surface area contributed by atoms with Crippen molar-refractivity contribution in [1.82, 2.24) is 5.32 Å². The summed E-state index contributed by atoms with van der Waals surface area (Å²) < 4.78 is 11.0. The summed E-state index contributed by atoms with van der Waals surface area (Å²) in [5.74, 6) is 1.61. The van der Waals surface area contributed by atoms with Crippen LogP contribution in [0.1, 0.15) is 26.3 Å². The van der Waals surface area contributed by atoms with E-state index in [1.807, 2.05) is 32.0 Å². The number of nitrogens with one attached hydrogen (secondary N) is 1. The molecule has 100 valence electrons. The summed E-state index contributed by atoms with van der Waals surface area (Å²) in [4.78, 5) is 0. The first-order valence-electron chi connectivity index (χ1n) is 6.30. The maximum Gasteiger partial charge on any atom is 0.161 e. The molecule has 0 bridgehead atoms. The first-order chi connectivity index (χ1) is 8.49. The monoisotopic (exact) mass is 251 g/mol. The molecule has 0 saturated carbocycles. The van der Waals surface area contributed by atoms with Gasteiger partial charge in [0.15, 0.2) is 11.5 Å². The Morgan fingerprint density at radius 1 is 1.28 bits per heavy atom. The molecule has 1 atom stereocenters.